The van der Waals surface area contributed by atoms with Crippen LogP contribution in [0.15, 0.2) is 30.0 Å². The summed E-state index contributed by atoms with van der Waals surface area (Å²) in [5.74, 6) is 0.725. The first-order valence-electron chi connectivity index (χ1n) is 8.68. The Bertz CT molecular complexity index is 720. The van der Waals surface area contributed by atoms with E-state index in [1.807, 2.05) is 30.3 Å². The van der Waals surface area contributed by atoms with Gasteiger partial charge in [0.2, 0.25) is 0 Å². The third-order valence-electron chi connectivity index (χ3n) is 4.94. The summed E-state index contributed by atoms with van der Waals surface area (Å²) in [6.45, 7) is 19.1. The average Bonchev–Trinajstić information content (AvgIpc) is 2.99. The standard InChI is InChI=1S/C20H26N2O3Si/c1-20(2,3)26(5,6)25-19-14-23-13-18(19)24-17-9-7-15(8-10-17)11-16(12-21)22-4/h7-11,18-19H,13-14H2,1-3,5-6H3/t18-,19-/m0/s1. The number of nitriles is 1. The Labute approximate surface area is 157 Å². The Kier molecular flexibility index (Phi) is 6.25. The van der Waals surface area contributed by atoms with Crippen LogP contribution in [0, 0.1) is 17.9 Å². The van der Waals surface area contributed by atoms with Crippen molar-refractivity contribution in [2.24, 2.45) is 0 Å². The van der Waals surface area contributed by atoms with Gasteiger partial charge in [-0.25, -0.2) is 10.1 Å². The van der Waals surface area contributed by atoms with Gasteiger partial charge < -0.3 is 13.9 Å². The van der Waals surface area contributed by atoms with Gasteiger partial charge in [-0.3, -0.25) is 0 Å². The maximum atomic E-state index is 8.83. The van der Waals surface area contributed by atoms with Gasteiger partial charge in [0, 0.05) is 0 Å². The molecule has 6 heteroatoms. The highest BCUT2D eigenvalue weighted by atomic mass is 28.4. The number of rotatable bonds is 5. The van der Waals surface area contributed by atoms with Crippen LogP contribution in [-0.4, -0.2) is 33.7 Å². The largest absolute Gasteiger partial charge is 0.485 e. The maximum absolute atomic E-state index is 8.83. The summed E-state index contributed by atoms with van der Waals surface area (Å²) < 4.78 is 18.1. The van der Waals surface area contributed by atoms with Crippen LogP contribution in [0.5, 0.6) is 5.75 Å². The lowest BCUT2D eigenvalue weighted by Gasteiger charge is -2.39. The molecule has 0 N–H and O–H groups in total. The first-order valence-corrected chi connectivity index (χ1v) is 11.6. The summed E-state index contributed by atoms with van der Waals surface area (Å²) in [6, 6.07) is 9.20. The van der Waals surface area contributed by atoms with Gasteiger partial charge in [0.05, 0.1) is 25.9 Å². The third kappa shape index (κ3) is 4.95. The average molecular weight is 371 g/mol. The lowest BCUT2D eigenvalue weighted by Crippen LogP contribution is -2.47. The van der Waals surface area contributed by atoms with Gasteiger partial charge in [0.15, 0.2) is 8.32 Å². The molecule has 0 bridgehead atoms. The van der Waals surface area contributed by atoms with Crippen LogP contribution in [0.1, 0.15) is 26.3 Å². The zero-order valence-corrected chi connectivity index (χ0v) is 17.1. The van der Waals surface area contributed by atoms with Gasteiger partial charge >= 0.3 is 0 Å². The topological polar surface area (TPSA) is 55.8 Å². The fourth-order valence-corrected chi connectivity index (χ4v) is 3.69. The molecule has 0 aliphatic carbocycles. The van der Waals surface area contributed by atoms with Crippen LogP contribution < -0.4 is 4.74 Å². The van der Waals surface area contributed by atoms with Gasteiger partial charge in [-0.2, -0.15) is 0 Å². The van der Waals surface area contributed by atoms with E-state index in [4.69, 9.17) is 25.7 Å². The molecule has 2 atom stereocenters. The normalized spacial score (nSPS) is 21.1. The molecule has 1 aromatic carbocycles. The first kappa shape index (κ1) is 20.2. The number of allylic oxidation sites excluding steroid dienone is 1. The highest BCUT2D eigenvalue weighted by Crippen LogP contribution is 2.38. The van der Waals surface area contributed by atoms with E-state index in [0.717, 1.165) is 11.3 Å². The van der Waals surface area contributed by atoms with Crippen LogP contribution in [0.25, 0.3) is 10.9 Å². The minimum Gasteiger partial charge on any atom is -0.485 e. The lowest BCUT2D eigenvalue weighted by molar-refractivity contribution is 0.0807. The molecule has 0 unspecified atom stereocenters. The molecule has 1 saturated heterocycles. The van der Waals surface area contributed by atoms with Gasteiger partial charge in [0.1, 0.15) is 18.0 Å². The monoisotopic (exact) mass is 370 g/mol. The zero-order valence-electron chi connectivity index (χ0n) is 16.1. The Morgan fingerprint density at radius 3 is 2.42 bits per heavy atom. The van der Waals surface area contributed by atoms with Crippen molar-refractivity contribution >= 4 is 14.4 Å². The molecule has 5 nitrogen and oxygen atoms in total. The molecule has 2 rings (SSSR count). The lowest BCUT2D eigenvalue weighted by atomic mass is 10.2. The molecule has 26 heavy (non-hydrogen) atoms. The van der Waals surface area contributed by atoms with E-state index in [2.05, 4.69) is 38.7 Å². The Morgan fingerprint density at radius 1 is 1.27 bits per heavy atom. The van der Waals surface area contributed by atoms with Crippen molar-refractivity contribution in [3.05, 3.63) is 46.9 Å². The predicted molar refractivity (Wildman–Crippen MR) is 104 cm³/mol. The molecule has 1 fully saturated rings. The Morgan fingerprint density at radius 2 is 1.88 bits per heavy atom. The second-order valence-electron chi connectivity index (χ2n) is 7.93. The van der Waals surface area contributed by atoms with Crippen molar-refractivity contribution in [1.29, 1.82) is 5.26 Å². The molecule has 0 aromatic heterocycles. The Hall–Kier alpha value is -2.12. The summed E-state index contributed by atoms with van der Waals surface area (Å²) in [7, 11) is -1.89. The van der Waals surface area contributed by atoms with Gasteiger partial charge in [0.25, 0.3) is 5.70 Å². The van der Waals surface area contributed by atoms with Crippen LogP contribution in [0.3, 0.4) is 0 Å². The summed E-state index contributed by atoms with van der Waals surface area (Å²) in [4.78, 5) is 3.16. The van der Waals surface area contributed by atoms with E-state index < -0.39 is 8.32 Å². The number of benzene rings is 1. The Balaban J connectivity index is 2.05. The molecule has 1 aliphatic rings. The fourth-order valence-electron chi connectivity index (χ4n) is 2.35. The summed E-state index contributed by atoms with van der Waals surface area (Å²) in [6.07, 6.45) is 1.35. The molecular formula is C20H26N2O3Si. The number of hydrogen-bond donors (Lipinski definition) is 0. The maximum Gasteiger partial charge on any atom is 0.262 e. The van der Waals surface area contributed by atoms with E-state index in [0.29, 0.717) is 13.2 Å². The molecular weight excluding hydrogens is 344 g/mol. The van der Waals surface area contributed by atoms with E-state index >= 15 is 0 Å². The van der Waals surface area contributed by atoms with Crippen molar-refractivity contribution < 1.29 is 13.9 Å². The van der Waals surface area contributed by atoms with Gasteiger partial charge in [-0.15, -0.1) is 0 Å². The van der Waals surface area contributed by atoms with Crippen molar-refractivity contribution in [2.45, 2.75) is 51.1 Å². The van der Waals surface area contributed by atoms with Crippen LogP contribution >= 0.6 is 0 Å². The molecule has 1 heterocycles. The summed E-state index contributed by atoms with van der Waals surface area (Å²) in [5, 5.41) is 8.96. The molecule has 138 valence electrons. The van der Waals surface area contributed by atoms with E-state index in [9.17, 15) is 0 Å². The van der Waals surface area contributed by atoms with Gasteiger partial charge in [-0.05, 0) is 41.9 Å². The number of nitrogens with zero attached hydrogens (tertiary/aromatic N) is 2. The summed E-state index contributed by atoms with van der Waals surface area (Å²) in [5.41, 5.74) is 0.854. The second-order valence-corrected chi connectivity index (χ2v) is 12.7. The molecule has 0 radical (unpaired) electrons. The van der Waals surface area contributed by atoms with Crippen LogP contribution in [0.4, 0.5) is 0 Å². The van der Waals surface area contributed by atoms with Crippen molar-refractivity contribution in [3.8, 4) is 11.8 Å². The van der Waals surface area contributed by atoms with Crippen molar-refractivity contribution in [2.75, 3.05) is 13.2 Å². The van der Waals surface area contributed by atoms with Crippen molar-refractivity contribution in [3.63, 3.8) is 0 Å². The van der Waals surface area contributed by atoms with Crippen LogP contribution in [0.2, 0.25) is 18.1 Å². The predicted octanol–water partition coefficient (Wildman–Crippen LogP) is 4.64. The first-order chi connectivity index (χ1) is 12.2. The van der Waals surface area contributed by atoms with Crippen LogP contribution in [-0.2, 0) is 9.16 Å². The quantitative estimate of drug-likeness (QED) is 0.430. The minimum atomic E-state index is -1.89. The number of ether oxygens (including phenoxy) is 2. The number of hydrogen-bond acceptors (Lipinski definition) is 4. The van der Waals surface area contributed by atoms with E-state index in [-0.39, 0.29) is 22.9 Å². The smallest absolute Gasteiger partial charge is 0.262 e. The van der Waals surface area contributed by atoms with Gasteiger partial charge in [-0.1, -0.05) is 32.9 Å². The second kappa shape index (κ2) is 8.05. The fraction of sp³-hybridized carbons (Fsp3) is 0.500. The highest BCUT2D eigenvalue weighted by molar-refractivity contribution is 6.74. The third-order valence-corrected chi connectivity index (χ3v) is 9.44. The minimum absolute atomic E-state index is 0.0608. The zero-order chi connectivity index (χ0) is 19.4. The molecule has 0 amide bonds. The molecule has 0 spiro atoms. The highest BCUT2D eigenvalue weighted by Gasteiger charge is 2.43. The SMILES string of the molecule is [C-]#[N+]C(C#N)=Cc1ccc(O[C@H]2COC[C@@H]2O[Si](C)(C)C(C)(C)C)cc1. The molecule has 0 saturated carbocycles. The molecule has 1 aliphatic heterocycles. The van der Waals surface area contributed by atoms with E-state index in [1.165, 1.54) is 0 Å². The molecule has 1 aromatic rings. The van der Waals surface area contributed by atoms with E-state index in [1.54, 1.807) is 6.08 Å². The summed E-state index contributed by atoms with van der Waals surface area (Å²) >= 11 is 0. The van der Waals surface area contributed by atoms with Crippen molar-refractivity contribution in [1.82, 2.24) is 0 Å².